The first-order valence-electron chi connectivity index (χ1n) is 8.97. The number of hydrogen-bond donors (Lipinski definition) is 1. The zero-order chi connectivity index (χ0) is 13.8. The third kappa shape index (κ3) is 3.75. The summed E-state index contributed by atoms with van der Waals surface area (Å²) in [5, 5.41) is 3.77. The summed E-state index contributed by atoms with van der Waals surface area (Å²) in [6.45, 7) is 5.90. The molecule has 2 bridgehead atoms. The molecule has 0 spiro atoms. The Balaban J connectivity index is 1.44. The minimum Gasteiger partial charge on any atom is -0.378 e. The molecule has 3 fully saturated rings. The molecular weight excluding hydrogens is 248 g/mol. The smallest absolute Gasteiger partial charge is 0.0576 e. The van der Waals surface area contributed by atoms with Crippen molar-refractivity contribution >= 4 is 0 Å². The third-order valence-corrected chi connectivity index (χ3v) is 5.47. The Labute approximate surface area is 124 Å². The largest absolute Gasteiger partial charge is 0.378 e. The van der Waals surface area contributed by atoms with E-state index >= 15 is 0 Å². The van der Waals surface area contributed by atoms with Crippen molar-refractivity contribution in [1.29, 1.82) is 0 Å². The standard InChI is InChI=1S/C17H32N2O/c1-2-9-19(10-3-5-17-6-4-11-20-17)16-12-14-7-8-15(13-16)18-14/h14-18H,2-13H2,1H3. The summed E-state index contributed by atoms with van der Waals surface area (Å²) in [6.07, 6.45) is 12.6. The van der Waals surface area contributed by atoms with Gasteiger partial charge in [-0.05, 0) is 70.9 Å². The van der Waals surface area contributed by atoms with E-state index in [2.05, 4.69) is 17.1 Å². The predicted molar refractivity (Wildman–Crippen MR) is 83.0 cm³/mol. The van der Waals surface area contributed by atoms with E-state index in [4.69, 9.17) is 4.74 Å². The molecule has 3 unspecified atom stereocenters. The topological polar surface area (TPSA) is 24.5 Å². The van der Waals surface area contributed by atoms with E-state index in [9.17, 15) is 0 Å². The van der Waals surface area contributed by atoms with Gasteiger partial charge >= 0.3 is 0 Å². The lowest BCUT2D eigenvalue weighted by Gasteiger charge is -2.38. The lowest BCUT2D eigenvalue weighted by atomic mass is 9.97. The molecule has 0 aliphatic carbocycles. The SMILES string of the molecule is CCCN(CCCC1CCCO1)C1CC2CCC(C1)N2. The van der Waals surface area contributed by atoms with Crippen molar-refractivity contribution in [1.82, 2.24) is 10.2 Å². The van der Waals surface area contributed by atoms with Gasteiger partial charge in [-0.2, -0.15) is 0 Å². The quantitative estimate of drug-likeness (QED) is 0.776. The monoisotopic (exact) mass is 280 g/mol. The average molecular weight is 280 g/mol. The van der Waals surface area contributed by atoms with Gasteiger partial charge in [-0.3, -0.25) is 0 Å². The molecule has 3 rings (SSSR count). The van der Waals surface area contributed by atoms with E-state index in [1.165, 1.54) is 70.9 Å². The van der Waals surface area contributed by atoms with E-state index in [-0.39, 0.29) is 0 Å². The highest BCUT2D eigenvalue weighted by Gasteiger charge is 2.35. The number of ether oxygens (including phenoxy) is 1. The van der Waals surface area contributed by atoms with Crippen LogP contribution in [0.15, 0.2) is 0 Å². The molecule has 0 aromatic rings. The molecule has 3 heterocycles. The maximum absolute atomic E-state index is 5.76. The molecule has 0 saturated carbocycles. The molecule has 0 radical (unpaired) electrons. The predicted octanol–water partition coefficient (Wildman–Crippen LogP) is 2.94. The van der Waals surface area contributed by atoms with Gasteiger partial charge in [0.15, 0.2) is 0 Å². The van der Waals surface area contributed by atoms with Crippen LogP contribution in [0, 0.1) is 0 Å². The Hall–Kier alpha value is -0.120. The van der Waals surface area contributed by atoms with Gasteiger partial charge in [0.2, 0.25) is 0 Å². The minimum atomic E-state index is 0.572. The first-order valence-corrected chi connectivity index (χ1v) is 8.97. The van der Waals surface area contributed by atoms with Crippen LogP contribution in [0.3, 0.4) is 0 Å². The number of nitrogens with zero attached hydrogens (tertiary/aromatic N) is 1. The van der Waals surface area contributed by atoms with Crippen LogP contribution in [0.1, 0.15) is 64.7 Å². The normalized spacial score (nSPS) is 36.9. The number of rotatable bonds is 7. The van der Waals surface area contributed by atoms with Crippen LogP contribution in [-0.2, 0) is 4.74 Å². The van der Waals surface area contributed by atoms with Crippen molar-refractivity contribution < 1.29 is 4.74 Å². The summed E-state index contributed by atoms with van der Waals surface area (Å²) in [6, 6.07) is 2.48. The number of piperidine rings is 1. The van der Waals surface area contributed by atoms with E-state index in [1.54, 1.807) is 0 Å². The number of fused-ring (bicyclic) bond motifs is 2. The summed E-state index contributed by atoms with van der Waals surface area (Å²) in [5.74, 6) is 0. The summed E-state index contributed by atoms with van der Waals surface area (Å²) >= 11 is 0. The zero-order valence-electron chi connectivity index (χ0n) is 13.2. The van der Waals surface area contributed by atoms with Gasteiger partial charge in [-0.15, -0.1) is 0 Å². The van der Waals surface area contributed by atoms with E-state index in [0.717, 1.165) is 24.7 Å². The first-order chi connectivity index (χ1) is 9.85. The van der Waals surface area contributed by atoms with Gasteiger partial charge in [0.1, 0.15) is 0 Å². The van der Waals surface area contributed by atoms with E-state index in [0.29, 0.717) is 6.10 Å². The van der Waals surface area contributed by atoms with Crippen LogP contribution < -0.4 is 5.32 Å². The summed E-state index contributed by atoms with van der Waals surface area (Å²) in [4.78, 5) is 2.79. The van der Waals surface area contributed by atoms with Crippen LogP contribution >= 0.6 is 0 Å². The van der Waals surface area contributed by atoms with Crippen LogP contribution in [0.25, 0.3) is 0 Å². The Morgan fingerprint density at radius 3 is 2.55 bits per heavy atom. The molecule has 20 heavy (non-hydrogen) atoms. The molecule has 3 nitrogen and oxygen atoms in total. The van der Waals surface area contributed by atoms with E-state index < -0.39 is 0 Å². The second kappa shape index (κ2) is 7.24. The molecule has 1 N–H and O–H groups in total. The zero-order valence-corrected chi connectivity index (χ0v) is 13.2. The highest BCUT2D eigenvalue weighted by Crippen LogP contribution is 2.30. The molecular formula is C17H32N2O. The first kappa shape index (κ1) is 14.8. The van der Waals surface area contributed by atoms with Gasteiger partial charge in [-0.1, -0.05) is 6.92 Å². The third-order valence-electron chi connectivity index (χ3n) is 5.47. The van der Waals surface area contributed by atoms with Crippen LogP contribution in [0.2, 0.25) is 0 Å². The molecule has 3 atom stereocenters. The van der Waals surface area contributed by atoms with Crippen molar-refractivity contribution in [2.75, 3.05) is 19.7 Å². The molecule has 3 saturated heterocycles. The molecule has 3 aliphatic heterocycles. The van der Waals surface area contributed by atoms with Gasteiger partial charge in [0, 0.05) is 24.7 Å². The Morgan fingerprint density at radius 2 is 1.90 bits per heavy atom. The van der Waals surface area contributed by atoms with E-state index in [1.807, 2.05) is 0 Å². The summed E-state index contributed by atoms with van der Waals surface area (Å²) in [7, 11) is 0. The van der Waals surface area contributed by atoms with Crippen molar-refractivity contribution in [3.63, 3.8) is 0 Å². The number of hydrogen-bond acceptors (Lipinski definition) is 3. The van der Waals surface area contributed by atoms with Crippen molar-refractivity contribution in [2.45, 2.75) is 88.9 Å². The fourth-order valence-corrected chi connectivity index (χ4v) is 4.48. The molecule has 0 aromatic carbocycles. The summed E-state index contributed by atoms with van der Waals surface area (Å²) < 4.78 is 5.76. The average Bonchev–Trinajstić information content (AvgIpc) is 3.08. The highest BCUT2D eigenvalue weighted by molar-refractivity contribution is 4.95. The summed E-state index contributed by atoms with van der Waals surface area (Å²) in [5.41, 5.74) is 0. The van der Waals surface area contributed by atoms with Crippen molar-refractivity contribution in [3.8, 4) is 0 Å². The molecule has 0 aromatic heterocycles. The fourth-order valence-electron chi connectivity index (χ4n) is 4.48. The molecule has 0 amide bonds. The van der Waals surface area contributed by atoms with Gasteiger partial charge in [0.05, 0.1) is 6.10 Å². The minimum absolute atomic E-state index is 0.572. The van der Waals surface area contributed by atoms with Crippen LogP contribution in [0.4, 0.5) is 0 Å². The fraction of sp³-hybridized carbons (Fsp3) is 1.00. The van der Waals surface area contributed by atoms with Gasteiger partial charge in [-0.25, -0.2) is 0 Å². The molecule has 116 valence electrons. The molecule has 3 heteroatoms. The lowest BCUT2D eigenvalue weighted by Crippen LogP contribution is -2.48. The Morgan fingerprint density at radius 1 is 1.10 bits per heavy atom. The number of nitrogens with one attached hydrogen (secondary N) is 1. The van der Waals surface area contributed by atoms with Crippen LogP contribution in [0.5, 0.6) is 0 Å². The van der Waals surface area contributed by atoms with Crippen molar-refractivity contribution in [3.05, 3.63) is 0 Å². The van der Waals surface area contributed by atoms with Crippen LogP contribution in [-0.4, -0.2) is 48.8 Å². The maximum Gasteiger partial charge on any atom is 0.0576 e. The highest BCUT2D eigenvalue weighted by atomic mass is 16.5. The van der Waals surface area contributed by atoms with Crippen molar-refractivity contribution in [2.24, 2.45) is 0 Å². The Kier molecular flexibility index (Phi) is 5.36. The lowest BCUT2D eigenvalue weighted by molar-refractivity contribution is 0.0908. The maximum atomic E-state index is 5.76. The van der Waals surface area contributed by atoms with Gasteiger partial charge in [0.25, 0.3) is 0 Å². The second-order valence-corrected chi connectivity index (χ2v) is 7.08. The second-order valence-electron chi connectivity index (χ2n) is 7.08. The Bertz CT molecular complexity index is 279. The van der Waals surface area contributed by atoms with Gasteiger partial charge < -0.3 is 15.0 Å². The molecule has 3 aliphatic rings.